The maximum absolute atomic E-state index is 6.11. The lowest BCUT2D eigenvalue weighted by Crippen LogP contribution is -2.46. The summed E-state index contributed by atoms with van der Waals surface area (Å²) >= 11 is 8.05. The highest BCUT2D eigenvalue weighted by molar-refractivity contribution is 7.99. The Hall–Kier alpha value is -0.220. The number of benzene rings is 1. The summed E-state index contributed by atoms with van der Waals surface area (Å²) in [6, 6.07) is 7.32. The van der Waals surface area contributed by atoms with E-state index in [9.17, 15) is 0 Å². The molecule has 0 radical (unpaired) electrons. The summed E-state index contributed by atoms with van der Waals surface area (Å²) in [6.07, 6.45) is 3.91. The number of halogens is 1. The van der Waals surface area contributed by atoms with Crippen LogP contribution in [0.4, 0.5) is 0 Å². The van der Waals surface area contributed by atoms with E-state index in [0.29, 0.717) is 18.2 Å². The fourth-order valence-corrected chi connectivity index (χ4v) is 4.00. The summed E-state index contributed by atoms with van der Waals surface area (Å²) in [5.74, 6) is 1.19. The molecule has 1 aromatic carbocycles. The van der Waals surface area contributed by atoms with Gasteiger partial charge in [0.1, 0.15) is 0 Å². The Labute approximate surface area is 117 Å². The van der Waals surface area contributed by atoms with Gasteiger partial charge in [-0.25, -0.2) is 0 Å². The Bertz CT molecular complexity index is 434. The first-order chi connectivity index (χ1) is 8.76. The molecule has 1 aliphatic carbocycles. The van der Waals surface area contributed by atoms with Crippen molar-refractivity contribution in [2.45, 2.75) is 42.3 Å². The van der Waals surface area contributed by atoms with Crippen LogP contribution < -0.4 is 5.32 Å². The summed E-state index contributed by atoms with van der Waals surface area (Å²) in [5.41, 5.74) is 1.37. The molecule has 3 rings (SSSR count). The first-order valence-electron chi connectivity index (χ1n) is 6.47. The zero-order valence-electron chi connectivity index (χ0n) is 10.5. The molecule has 1 atom stereocenters. The topological polar surface area (TPSA) is 21.3 Å². The molecule has 1 saturated carbocycles. The second-order valence-electron chi connectivity index (χ2n) is 5.06. The van der Waals surface area contributed by atoms with Crippen molar-refractivity contribution in [2.75, 3.05) is 12.9 Å². The third-order valence-electron chi connectivity index (χ3n) is 3.88. The molecule has 1 heterocycles. The van der Waals surface area contributed by atoms with E-state index in [1.54, 1.807) is 7.11 Å². The second-order valence-corrected chi connectivity index (χ2v) is 6.64. The van der Waals surface area contributed by atoms with Crippen molar-refractivity contribution >= 4 is 23.4 Å². The minimum absolute atomic E-state index is 0.458. The van der Waals surface area contributed by atoms with Gasteiger partial charge in [0.15, 0.2) is 0 Å². The number of methoxy groups -OCH3 is 1. The van der Waals surface area contributed by atoms with E-state index in [2.05, 4.69) is 17.4 Å². The highest BCUT2D eigenvalue weighted by Crippen LogP contribution is 2.39. The van der Waals surface area contributed by atoms with Gasteiger partial charge in [0.25, 0.3) is 0 Å². The summed E-state index contributed by atoms with van der Waals surface area (Å²) in [6.45, 7) is 0. The number of nitrogens with one attached hydrogen (secondary N) is 1. The van der Waals surface area contributed by atoms with Gasteiger partial charge in [0.05, 0.1) is 6.10 Å². The monoisotopic (exact) mass is 283 g/mol. The molecule has 2 nitrogen and oxygen atoms in total. The standard InChI is InChI=1S/C14H18ClNOS/c1-17-11-7-10(8-11)16-13-4-5-18-14-3-2-9(15)6-12(13)14/h2-3,6,10-11,13,16H,4-5,7-8H2,1H3. The number of thioether (sulfide) groups is 1. The van der Waals surface area contributed by atoms with E-state index in [-0.39, 0.29) is 0 Å². The van der Waals surface area contributed by atoms with Crippen molar-refractivity contribution in [3.8, 4) is 0 Å². The molecule has 0 spiro atoms. The smallest absolute Gasteiger partial charge is 0.0601 e. The minimum Gasteiger partial charge on any atom is -0.381 e. The van der Waals surface area contributed by atoms with E-state index in [1.807, 2.05) is 17.8 Å². The number of hydrogen-bond acceptors (Lipinski definition) is 3. The molecule has 18 heavy (non-hydrogen) atoms. The first kappa shape index (κ1) is 12.8. The molecule has 2 aliphatic rings. The largest absolute Gasteiger partial charge is 0.381 e. The second kappa shape index (κ2) is 5.41. The van der Waals surface area contributed by atoms with Crippen LogP contribution in [-0.2, 0) is 4.74 Å². The van der Waals surface area contributed by atoms with E-state index >= 15 is 0 Å². The zero-order chi connectivity index (χ0) is 12.5. The van der Waals surface area contributed by atoms with E-state index in [1.165, 1.54) is 22.6 Å². The lowest BCUT2D eigenvalue weighted by atomic mass is 9.87. The molecule has 1 aromatic rings. The first-order valence-corrected chi connectivity index (χ1v) is 7.83. The normalized spacial score (nSPS) is 30.7. The fraction of sp³-hybridized carbons (Fsp3) is 0.571. The lowest BCUT2D eigenvalue weighted by Gasteiger charge is -2.39. The quantitative estimate of drug-likeness (QED) is 0.915. The van der Waals surface area contributed by atoms with Gasteiger partial charge >= 0.3 is 0 Å². The average molecular weight is 284 g/mol. The van der Waals surface area contributed by atoms with Crippen LogP contribution >= 0.6 is 23.4 Å². The SMILES string of the molecule is COC1CC(NC2CCSc3ccc(Cl)cc32)C1. The molecule has 0 amide bonds. The Morgan fingerprint density at radius 2 is 2.22 bits per heavy atom. The molecule has 4 heteroatoms. The Morgan fingerprint density at radius 3 is 3.00 bits per heavy atom. The molecule has 0 bridgehead atoms. The van der Waals surface area contributed by atoms with Crippen LogP contribution in [0.25, 0.3) is 0 Å². The number of rotatable bonds is 3. The third-order valence-corrected chi connectivity index (χ3v) is 5.23. The summed E-state index contributed by atoms with van der Waals surface area (Å²) < 4.78 is 5.33. The van der Waals surface area contributed by atoms with Crippen LogP contribution in [0.5, 0.6) is 0 Å². The molecule has 1 aliphatic heterocycles. The van der Waals surface area contributed by atoms with E-state index in [0.717, 1.165) is 17.9 Å². The van der Waals surface area contributed by atoms with Crippen molar-refractivity contribution in [3.05, 3.63) is 28.8 Å². The van der Waals surface area contributed by atoms with Gasteiger partial charge in [-0.15, -0.1) is 11.8 Å². The fourth-order valence-electron chi connectivity index (χ4n) is 2.72. The number of fused-ring (bicyclic) bond motifs is 1. The zero-order valence-corrected chi connectivity index (χ0v) is 12.1. The van der Waals surface area contributed by atoms with Crippen LogP contribution in [0, 0.1) is 0 Å². The molecule has 0 saturated heterocycles. The van der Waals surface area contributed by atoms with Crippen LogP contribution in [0.2, 0.25) is 5.02 Å². The van der Waals surface area contributed by atoms with Gasteiger partial charge in [-0.05, 0) is 48.8 Å². The van der Waals surface area contributed by atoms with Gasteiger partial charge < -0.3 is 10.1 Å². The summed E-state index contributed by atoms with van der Waals surface area (Å²) in [5, 5.41) is 4.59. The number of ether oxygens (including phenoxy) is 1. The highest BCUT2D eigenvalue weighted by atomic mass is 35.5. The Kier molecular flexibility index (Phi) is 3.85. The Balaban J connectivity index is 1.69. The molecule has 1 fully saturated rings. The predicted octanol–water partition coefficient (Wildman–Crippen LogP) is 3.64. The molecule has 1 unspecified atom stereocenters. The molecule has 98 valence electrons. The molecular weight excluding hydrogens is 266 g/mol. The molecular formula is C14H18ClNOS. The van der Waals surface area contributed by atoms with Crippen LogP contribution in [0.1, 0.15) is 30.9 Å². The highest BCUT2D eigenvalue weighted by Gasteiger charge is 2.32. The lowest BCUT2D eigenvalue weighted by molar-refractivity contribution is 0.0138. The van der Waals surface area contributed by atoms with Gasteiger partial charge in [0, 0.05) is 29.1 Å². The summed E-state index contributed by atoms with van der Waals surface area (Å²) in [7, 11) is 1.80. The Morgan fingerprint density at radius 1 is 1.39 bits per heavy atom. The molecule has 0 aromatic heterocycles. The average Bonchev–Trinajstić information content (AvgIpc) is 2.33. The van der Waals surface area contributed by atoms with Crippen molar-refractivity contribution in [1.29, 1.82) is 0 Å². The van der Waals surface area contributed by atoms with Crippen molar-refractivity contribution in [1.82, 2.24) is 5.32 Å². The predicted molar refractivity (Wildman–Crippen MR) is 76.5 cm³/mol. The van der Waals surface area contributed by atoms with Crippen LogP contribution in [0.15, 0.2) is 23.1 Å². The summed E-state index contributed by atoms with van der Waals surface area (Å²) in [4.78, 5) is 1.38. The van der Waals surface area contributed by atoms with E-state index in [4.69, 9.17) is 16.3 Å². The van der Waals surface area contributed by atoms with Gasteiger partial charge in [-0.1, -0.05) is 11.6 Å². The molecule has 1 N–H and O–H groups in total. The van der Waals surface area contributed by atoms with Gasteiger partial charge in [-0.3, -0.25) is 0 Å². The van der Waals surface area contributed by atoms with Crippen LogP contribution in [0.3, 0.4) is 0 Å². The van der Waals surface area contributed by atoms with Gasteiger partial charge in [0.2, 0.25) is 0 Å². The number of hydrogen-bond donors (Lipinski definition) is 1. The van der Waals surface area contributed by atoms with E-state index < -0.39 is 0 Å². The maximum Gasteiger partial charge on any atom is 0.0601 e. The minimum atomic E-state index is 0.458. The van der Waals surface area contributed by atoms with Crippen molar-refractivity contribution in [2.24, 2.45) is 0 Å². The van der Waals surface area contributed by atoms with Crippen molar-refractivity contribution < 1.29 is 4.74 Å². The van der Waals surface area contributed by atoms with Gasteiger partial charge in [-0.2, -0.15) is 0 Å². The maximum atomic E-state index is 6.11. The third kappa shape index (κ3) is 2.55. The van der Waals surface area contributed by atoms with Crippen molar-refractivity contribution in [3.63, 3.8) is 0 Å². The van der Waals surface area contributed by atoms with Crippen LogP contribution in [-0.4, -0.2) is 25.0 Å².